The van der Waals surface area contributed by atoms with Gasteiger partial charge in [0, 0.05) is 10.5 Å². The molecule has 24 heavy (non-hydrogen) atoms. The van der Waals surface area contributed by atoms with E-state index in [1.165, 1.54) is 18.3 Å². The van der Waals surface area contributed by atoms with Crippen molar-refractivity contribution in [3.05, 3.63) is 68.2 Å². The highest BCUT2D eigenvalue weighted by Crippen LogP contribution is 2.27. The third kappa shape index (κ3) is 5.17. The molecule has 0 saturated heterocycles. The normalized spacial score (nSPS) is 10.6. The fourth-order valence-corrected chi connectivity index (χ4v) is 2.06. The molecule has 0 aliphatic rings. The number of hydrogen-bond acceptors (Lipinski definition) is 5. The van der Waals surface area contributed by atoms with E-state index in [1.54, 1.807) is 13.0 Å². The van der Waals surface area contributed by atoms with Crippen LogP contribution in [0.3, 0.4) is 0 Å². The number of carbonyl (C=O) groups is 1. The number of amides is 1. The van der Waals surface area contributed by atoms with E-state index < -0.39 is 10.8 Å². The molecule has 1 N–H and O–H groups in total. The number of nitrogens with zero attached hydrogens (tertiary/aromatic N) is 2. The van der Waals surface area contributed by atoms with Gasteiger partial charge in [0.15, 0.2) is 12.4 Å². The fourth-order valence-electron chi connectivity index (χ4n) is 1.80. The second-order valence-electron chi connectivity index (χ2n) is 4.86. The molecule has 1 amide bonds. The Morgan fingerprint density at radius 1 is 1.33 bits per heavy atom. The summed E-state index contributed by atoms with van der Waals surface area (Å²) in [4.78, 5) is 22.1. The van der Waals surface area contributed by atoms with Crippen LogP contribution in [0.1, 0.15) is 11.1 Å². The van der Waals surface area contributed by atoms with Gasteiger partial charge in [-0.3, -0.25) is 14.9 Å². The molecule has 0 aromatic heterocycles. The molecule has 0 bridgehead atoms. The van der Waals surface area contributed by atoms with Crippen molar-refractivity contribution in [2.75, 3.05) is 6.61 Å². The van der Waals surface area contributed by atoms with Crippen molar-refractivity contribution in [2.45, 2.75) is 6.92 Å². The second-order valence-corrected chi connectivity index (χ2v) is 5.78. The maximum absolute atomic E-state index is 11.7. The Morgan fingerprint density at radius 3 is 2.71 bits per heavy atom. The third-order valence-electron chi connectivity index (χ3n) is 2.94. The summed E-state index contributed by atoms with van der Waals surface area (Å²) >= 11 is 3.32. The summed E-state index contributed by atoms with van der Waals surface area (Å²) in [5, 5.41) is 14.8. The highest BCUT2D eigenvalue weighted by Gasteiger charge is 2.16. The van der Waals surface area contributed by atoms with Crippen molar-refractivity contribution < 1.29 is 14.5 Å². The van der Waals surface area contributed by atoms with Crippen LogP contribution in [0.25, 0.3) is 0 Å². The van der Waals surface area contributed by atoms with Gasteiger partial charge in [-0.1, -0.05) is 34.1 Å². The second kappa shape index (κ2) is 8.21. The molecule has 8 heteroatoms. The van der Waals surface area contributed by atoms with Gasteiger partial charge in [-0.25, -0.2) is 5.43 Å². The maximum Gasteiger partial charge on any atom is 0.311 e. The van der Waals surface area contributed by atoms with E-state index >= 15 is 0 Å². The van der Waals surface area contributed by atoms with Gasteiger partial charge in [-0.05, 0) is 36.2 Å². The molecule has 0 unspecified atom stereocenters. The van der Waals surface area contributed by atoms with E-state index in [4.69, 9.17) is 4.74 Å². The highest BCUT2D eigenvalue weighted by molar-refractivity contribution is 9.10. The quantitative estimate of drug-likeness (QED) is 0.464. The molecule has 0 heterocycles. The topological polar surface area (TPSA) is 93.8 Å². The minimum absolute atomic E-state index is 0.0395. The first kappa shape index (κ1) is 17.6. The van der Waals surface area contributed by atoms with Gasteiger partial charge in [-0.15, -0.1) is 0 Å². The molecular weight excluding hydrogens is 378 g/mol. The number of nitro benzene ring substituents is 1. The van der Waals surface area contributed by atoms with Gasteiger partial charge < -0.3 is 4.74 Å². The molecule has 0 aliphatic heterocycles. The van der Waals surface area contributed by atoms with E-state index in [0.717, 1.165) is 15.6 Å². The first-order chi connectivity index (χ1) is 11.5. The van der Waals surface area contributed by atoms with Crippen molar-refractivity contribution in [3.63, 3.8) is 0 Å². The zero-order valence-electron chi connectivity index (χ0n) is 12.7. The SMILES string of the molecule is Cc1ccc(OCC(=O)N/N=C/c2ccc(Br)cc2)c([N+](=O)[O-])c1. The largest absolute Gasteiger partial charge is 0.477 e. The Kier molecular flexibility index (Phi) is 6.02. The number of carbonyl (C=O) groups excluding carboxylic acids is 1. The number of aryl methyl sites for hydroxylation is 1. The van der Waals surface area contributed by atoms with Gasteiger partial charge in [0.05, 0.1) is 11.1 Å². The molecule has 0 aliphatic carbocycles. The molecule has 0 radical (unpaired) electrons. The first-order valence-corrected chi connectivity index (χ1v) is 7.70. The smallest absolute Gasteiger partial charge is 0.311 e. The van der Waals surface area contributed by atoms with E-state index in [0.29, 0.717) is 0 Å². The number of rotatable bonds is 6. The lowest BCUT2D eigenvalue weighted by Gasteiger charge is -2.06. The molecular formula is C16H14BrN3O4. The van der Waals surface area contributed by atoms with Crippen LogP contribution >= 0.6 is 15.9 Å². The summed E-state index contributed by atoms with van der Waals surface area (Å²) in [7, 11) is 0. The molecule has 2 rings (SSSR count). The van der Waals surface area contributed by atoms with E-state index in [2.05, 4.69) is 26.5 Å². The van der Waals surface area contributed by atoms with Gasteiger partial charge >= 0.3 is 5.69 Å². The summed E-state index contributed by atoms with van der Waals surface area (Å²) in [5.41, 5.74) is 3.67. The van der Waals surface area contributed by atoms with Crippen LogP contribution in [0.15, 0.2) is 52.0 Å². The van der Waals surface area contributed by atoms with Crippen LogP contribution in [0, 0.1) is 17.0 Å². The van der Waals surface area contributed by atoms with E-state index in [-0.39, 0.29) is 18.0 Å². The summed E-state index contributed by atoms with van der Waals surface area (Å²) in [6.45, 7) is 1.36. The van der Waals surface area contributed by atoms with Gasteiger partial charge in [-0.2, -0.15) is 5.10 Å². The minimum Gasteiger partial charge on any atom is -0.477 e. The van der Waals surface area contributed by atoms with Crippen molar-refractivity contribution >= 4 is 33.7 Å². The summed E-state index contributed by atoms with van der Waals surface area (Å²) in [6, 6.07) is 11.9. The molecule has 0 saturated carbocycles. The molecule has 7 nitrogen and oxygen atoms in total. The first-order valence-electron chi connectivity index (χ1n) is 6.91. The summed E-state index contributed by atoms with van der Waals surface area (Å²) in [5.74, 6) is -0.476. The fraction of sp³-hybridized carbons (Fsp3) is 0.125. The molecule has 2 aromatic rings. The Balaban J connectivity index is 1.89. The van der Waals surface area contributed by atoms with Crippen LogP contribution in [0.5, 0.6) is 5.75 Å². The average molecular weight is 392 g/mol. The van der Waals surface area contributed by atoms with Crippen molar-refractivity contribution in [1.29, 1.82) is 0 Å². The highest BCUT2D eigenvalue weighted by atomic mass is 79.9. The average Bonchev–Trinajstić information content (AvgIpc) is 2.55. The number of hydrogen-bond donors (Lipinski definition) is 1. The minimum atomic E-state index is -0.550. The van der Waals surface area contributed by atoms with Crippen molar-refractivity contribution in [2.24, 2.45) is 5.10 Å². The van der Waals surface area contributed by atoms with Gasteiger partial charge in [0.25, 0.3) is 5.91 Å². The lowest BCUT2D eigenvalue weighted by molar-refractivity contribution is -0.385. The monoisotopic (exact) mass is 391 g/mol. The number of halogens is 1. The van der Waals surface area contributed by atoms with E-state index in [9.17, 15) is 14.9 Å². The number of hydrazone groups is 1. The summed E-state index contributed by atoms with van der Waals surface area (Å²) in [6.07, 6.45) is 1.48. The lowest BCUT2D eigenvalue weighted by Crippen LogP contribution is -2.24. The van der Waals surface area contributed by atoms with Crippen LogP contribution < -0.4 is 10.2 Å². The zero-order chi connectivity index (χ0) is 17.5. The molecule has 2 aromatic carbocycles. The van der Waals surface area contributed by atoms with Gasteiger partial charge in [0.2, 0.25) is 0 Å². The predicted octanol–water partition coefficient (Wildman–Crippen LogP) is 3.19. The number of ether oxygens (including phenoxy) is 1. The van der Waals surface area contributed by atoms with Crippen LogP contribution in [0.2, 0.25) is 0 Å². The van der Waals surface area contributed by atoms with Crippen LogP contribution in [-0.4, -0.2) is 23.7 Å². The Labute approximate surface area is 146 Å². The zero-order valence-corrected chi connectivity index (χ0v) is 14.3. The maximum atomic E-state index is 11.7. The Bertz CT molecular complexity index is 775. The predicted molar refractivity (Wildman–Crippen MR) is 93.2 cm³/mol. The molecule has 0 spiro atoms. The third-order valence-corrected chi connectivity index (χ3v) is 3.47. The van der Waals surface area contributed by atoms with Crippen LogP contribution in [0.4, 0.5) is 5.69 Å². The Hall–Kier alpha value is -2.74. The van der Waals surface area contributed by atoms with Crippen molar-refractivity contribution in [3.8, 4) is 5.75 Å². The number of benzene rings is 2. The Morgan fingerprint density at radius 2 is 2.04 bits per heavy atom. The number of nitro groups is 1. The van der Waals surface area contributed by atoms with Crippen LogP contribution in [-0.2, 0) is 4.79 Å². The number of nitrogens with one attached hydrogen (secondary N) is 1. The lowest BCUT2D eigenvalue weighted by atomic mass is 10.2. The summed E-state index contributed by atoms with van der Waals surface area (Å²) < 4.78 is 6.14. The van der Waals surface area contributed by atoms with Crippen molar-refractivity contribution in [1.82, 2.24) is 5.43 Å². The molecule has 0 fully saturated rings. The standard InChI is InChI=1S/C16H14BrN3O4/c1-11-2-7-15(14(8-11)20(22)23)24-10-16(21)19-18-9-12-3-5-13(17)6-4-12/h2-9H,10H2,1H3,(H,19,21)/b18-9+. The van der Waals surface area contributed by atoms with E-state index in [1.807, 2.05) is 24.3 Å². The molecule has 124 valence electrons. The molecule has 0 atom stereocenters. The van der Waals surface area contributed by atoms with Gasteiger partial charge in [0.1, 0.15) is 0 Å².